The van der Waals surface area contributed by atoms with Gasteiger partial charge in [-0.3, -0.25) is 0 Å². The summed E-state index contributed by atoms with van der Waals surface area (Å²) in [7, 11) is -3.77. The van der Waals surface area contributed by atoms with Gasteiger partial charge in [0.1, 0.15) is 5.82 Å². The van der Waals surface area contributed by atoms with Crippen LogP contribution in [0.4, 0.5) is 4.39 Å². The third-order valence-electron chi connectivity index (χ3n) is 3.75. The van der Waals surface area contributed by atoms with E-state index in [1.54, 1.807) is 13.8 Å². The number of aryl methyl sites for hydroxylation is 2. The molecule has 1 aliphatic heterocycles. The average molecular weight is 336 g/mol. The van der Waals surface area contributed by atoms with Gasteiger partial charge in [-0.2, -0.15) is 0 Å². The lowest BCUT2D eigenvalue weighted by molar-refractivity contribution is 0.0549. The van der Waals surface area contributed by atoms with Crippen LogP contribution >= 0.6 is 11.6 Å². The van der Waals surface area contributed by atoms with Crippen LogP contribution < -0.4 is 4.72 Å². The molecular formula is C14H19ClFNO3S. The number of nitrogens with one attached hydrogen (secondary N) is 1. The lowest BCUT2D eigenvalue weighted by Gasteiger charge is -2.36. The summed E-state index contributed by atoms with van der Waals surface area (Å²) in [6.45, 7) is 4.11. The third kappa shape index (κ3) is 3.56. The van der Waals surface area contributed by atoms with E-state index in [-0.39, 0.29) is 10.8 Å². The van der Waals surface area contributed by atoms with Gasteiger partial charge in [-0.25, -0.2) is 17.5 Å². The Morgan fingerprint density at radius 2 is 1.81 bits per heavy atom. The first-order chi connectivity index (χ1) is 9.80. The van der Waals surface area contributed by atoms with E-state index in [0.29, 0.717) is 37.2 Å². The van der Waals surface area contributed by atoms with Crippen LogP contribution in [0.5, 0.6) is 0 Å². The normalized spacial score (nSPS) is 18.7. The summed E-state index contributed by atoms with van der Waals surface area (Å²) in [5, 5.41) is 0. The largest absolute Gasteiger partial charge is 0.381 e. The molecule has 1 aromatic carbocycles. The molecule has 1 heterocycles. The van der Waals surface area contributed by atoms with Gasteiger partial charge in [-0.1, -0.05) is 0 Å². The molecule has 0 spiro atoms. The minimum Gasteiger partial charge on any atom is -0.381 e. The fourth-order valence-electron chi connectivity index (χ4n) is 2.68. The molecule has 1 saturated heterocycles. The minimum atomic E-state index is -3.77. The highest BCUT2D eigenvalue weighted by Crippen LogP contribution is 2.28. The van der Waals surface area contributed by atoms with Crippen molar-refractivity contribution in [3.63, 3.8) is 0 Å². The number of benzene rings is 1. The summed E-state index contributed by atoms with van der Waals surface area (Å²) in [5.74, 6) is -0.267. The van der Waals surface area contributed by atoms with E-state index in [4.69, 9.17) is 16.3 Å². The van der Waals surface area contributed by atoms with Crippen molar-refractivity contribution in [2.75, 3.05) is 19.1 Å². The second kappa shape index (κ2) is 6.20. The van der Waals surface area contributed by atoms with E-state index < -0.39 is 21.4 Å². The smallest absolute Gasteiger partial charge is 0.241 e. The number of rotatable bonds is 4. The Hall–Kier alpha value is -0.690. The molecule has 0 radical (unpaired) electrons. The van der Waals surface area contributed by atoms with Crippen LogP contribution in [0.1, 0.15) is 24.0 Å². The van der Waals surface area contributed by atoms with Gasteiger partial charge in [-0.15, -0.1) is 11.6 Å². The highest BCUT2D eigenvalue weighted by Gasteiger charge is 2.37. The fraction of sp³-hybridized carbons (Fsp3) is 0.571. The summed E-state index contributed by atoms with van der Waals surface area (Å²) >= 11 is 5.99. The van der Waals surface area contributed by atoms with Crippen LogP contribution in [-0.2, 0) is 14.8 Å². The van der Waals surface area contributed by atoms with E-state index in [2.05, 4.69) is 4.72 Å². The molecule has 1 N–H and O–H groups in total. The molecule has 1 aliphatic rings. The van der Waals surface area contributed by atoms with Gasteiger partial charge < -0.3 is 4.74 Å². The predicted molar refractivity (Wildman–Crippen MR) is 79.7 cm³/mol. The molecule has 0 aliphatic carbocycles. The van der Waals surface area contributed by atoms with E-state index in [1.807, 2.05) is 0 Å². The van der Waals surface area contributed by atoms with Crippen LogP contribution in [0.15, 0.2) is 17.0 Å². The van der Waals surface area contributed by atoms with Crippen LogP contribution in [0.25, 0.3) is 0 Å². The molecule has 1 fully saturated rings. The molecule has 0 amide bonds. The zero-order valence-corrected chi connectivity index (χ0v) is 13.7. The average Bonchev–Trinajstić information content (AvgIpc) is 2.37. The molecule has 0 saturated carbocycles. The van der Waals surface area contributed by atoms with Crippen LogP contribution in [-0.4, -0.2) is 33.1 Å². The minimum absolute atomic E-state index is 0.125. The van der Waals surface area contributed by atoms with Crippen molar-refractivity contribution < 1.29 is 17.5 Å². The first-order valence-electron chi connectivity index (χ1n) is 6.74. The number of sulfonamides is 1. The van der Waals surface area contributed by atoms with Crippen molar-refractivity contribution in [2.45, 2.75) is 37.1 Å². The Balaban J connectivity index is 2.38. The summed E-state index contributed by atoms with van der Waals surface area (Å²) in [5.41, 5.74) is 0.0693. The van der Waals surface area contributed by atoms with Crippen molar-refractivity contribution in [3.05, 3.63) is 29.1 Å². The zero-order valence-electron chi connectivity index (χ0n) is 12.1. The Morgan fingerprint density at radius 1 is 1.29 bits per heavy atom. The molecule has 4 nitrogen and oxygen atoms in total. The molecule has 0 aromatic heterocycles. The van der Waals surface area contributed by atoms with Gasteiger partial charge in [-0.05, 0) is 49.9 Å². The maximum Gasteiger partial charge on any atom is 0.241 e. The lowest BCUT2D eigenvalue weighted by atomic mass is 9.94. The fourth-order valence-corrected chi connectivity index (χ4v) is 5.01. The standard InChI is InChI=1S/C14H19ClFNO3S/c1-10-7-12(16)8-11(2)13(10)21(18,19)17-14(9-15)3-5-20-6-4-14/h7-8,17H,3-6,9H2,1-2H3. The van der Waals surface area contributed by atoms with Gasteiger partial charge in [0.2, 0.25) is 10.0 Å². The van der Waals surface area contributed by atoms with Crippen molar-refractivity contribution in [1.82, 2.24) is 4.72 Å². The van der Waals surface area contributed by atoms with Crippen LogP contribution in [0.2, 0.25) is 0 Å². The Labute approximate surface area is 129 Å². The number of ether oxygens (including phenoxy) is 1. The van der Waals surface area contributed by atoms with Crippen molar-refractivity contribution >= 4 is 21.6 Å². The summed E-state index contributed by atoms with van der Waals surface area (Å²) < 4.78 is 46.7. The number of alkyl halides is 1. The molecule has 7 heteroatoms. The predicted octanol–water partition coefficient (Wildman–Crippen LogP) is 2.51. The van der Waals surface area contributed by atoms with Crippen molar-refractivity contribution in [1.29, 1.82) is 0 Å². The maximum absolute atomic E-state index is 13.3. The molecular weight excluding hydrogens is 317 g/mol. The number of hydrogen-bond acceptors (Lipinski definition) is 3. The van der Waals surface area contributed by atoms with Gasteiger partial charge in [0.05, 0.1) is 10.4 Å². The molecule has 0 unspecified atom stereocenters. The first-order valence-corrected chi connectivity index (χ1v) is 8.76. The topological polar surface area (TPSA) is 55.4 Å². The molecule has 1 aromatic rings. The summed E-state index contributed by atoms with van der Waals surface area (Å²) in [4.78, 5) is 0.125. The second-order valence-electron chi connectivity index (χ2n) is 5.50. The highest BCUT2D eigenvalue weighted by atomic mass is 35.5. The second-order valence-corrected chi connectivity index (χ2v) is 7.39. The summed E-state index contributed by atoms with van der Waals surface area (Å²) in [6.07, 6.45) is 1.05. The van der Waals surface area contributed by atoms with Gasteiger partial charge >= 0.3 is 0 Å². The summed E-state index contributed by atoms with van der Waals surface area (Å²) in [6, 6.07) is 2.44. The van der Waals surface area contributed by atoms with Crippen molar-refractivity contribution in [3.8, 4) is 0 Å². The molecule has 0 bridgehead atoms. The number of hydrogen-bond donors (Lipinski definition) is 1. The Bertz CT molecular complexity index is 604. The van der Waals surface area contributed by atoms with Crippen molar-refractivity contribution in [2.24, 2.45) is 0 Å². The van der Waals surface area contributed by atoms with E-state index in [9.17, 15) is 12.8 Å². The molecule has 118 valence electrons. The zero-order chi connectivity index (χ0) is 15.7. The Kier molecular flexibility index (Phi) is 4.92. The van der Waals surface area contributed by atoms with Gasteiger partial charge in [0.15, 0.2) is 0 Å². The van der Waals surface area contributed by atoms with Gasteiger partial charge in [0.25, 0.3) is 0 Å². The SMILES string of the molecule is Cc1cc(F)cc(C)c1S(=O)(=O)NC1(CCl)CCOCC1. The monoisotopic (exact) mass is 335 g/mol. The van der Waals surface area contributed by atoms with Crippen LogP contribution in [0.3, 0.4) is 0 Å². The Morgan fingerprint density at radius 3 is 2.29 bits per heavy atom. The van der Waals surface area contributed by atoms with E-state index in [1.165, 1.54) is 12.1 Å². The van der Waals surface area contributed by atoms with Gasteiger partial charge in [0, 0.05) is 19.1 Å². The third-order valence-corrected chi connectivity index (χ3v) is 6.15. The highest BCUT2D eigenvalue weighted by molar-refractivity contribution is 7.89. The van der Waals surface area contributed by atoms with E-state index in [0.717, 1.165) is 0 Å². The van der Waals surface area contributed by atoms with Crippen LogP contribution in [0, 0.1) is 19.7 Å². The molecule has 21 heavy (non-hydrogen) atoms. The first kappa shape index (κ1) is 16.7. The molecule has 0 atom stereocenters. The lowest BCUT2D eigenvalue weighted by Crippen LogP contribution is -2.53. The quantitative estimate of drug-likeness (QED) is 0.860. The van der Waals surface area contributed by atoms with E-state index >= 15 is 0 Å². The molecule has 2 rings (SSSR count). The maximum atomic E-state index is 13.3. The number of halogens is 2.